The second-order valence-corrected chi connectivity index (χ2v) is 5.35. The molecule has 1 aromatic carbocycles. The van der Waals surface area contributed by atoms with Gasteiger partial charge in [0.15, 0.2) is 0 Å². The van der Waals surface area contributed by atoms with Gasteiger partial charge in [-0.25, -0.2) is 0 Å². The predicted octanol–water partition coefficient (Wildman–Crippen LogP) is 1.41. The van der Waals surface area contributed by atoms with Crippen molar-refractivity contribution in [3.05, 3.63) is 35.9 Å². The van der Waals surface area contributed by atoms with Gasteiger partial charge in [-0.2, -0.15) is 0 Å². The molecule has 1 aliphatic heterocycles. The highest BCUT2D eigenvalue weighted by Gasteiger charge is 2.23. The zero-order valence-electron chi connectivity index (χ0n) is 11.3. The molecule has 0 bridgehead atoms. The van der Waals surface area contributed by atoms with Crippen LogP contribution in [0.4, 0.5) is 0 Å². The van der Waals surface area contributed by atoms with Crippen molar-refractivity contribution < 1.29 is 5.11 Å². The lowest BCUT2D eigenvalue weighted by Crippen LogP contribution is -2.40. The second-order valence-electron chi connectivity index (χ2n) is 5.35. The maximum Gasteiger partial charge on any atom is 0.0995 e. The molecule has 0 radical (unpaired) electrons. The zero-order chi connectivity index (χ0) is 13.7. The summed E-state index contributed by atoms with van der Waals surface area (Å²) < 4.78 is 0. The second kappa shape index (κ2) is 6.68. The average molecular weight is 261 g/mol. The Morgan fingerprint density at radius 1 is 1.32 bits per heavy atom. The van der Waals surface area contributed by atoms with Crippen LogP contribution in [0.1, 0.15) is 24.3 Å². The van der Waals surface area contributed by atoms with Crippen molar-refractivity contribution in [1.82, 2.24) is 4.90 Å². The normalized spacial score (nSPS) is 19.2. The van der Waals surface area contributed by atoms with Crippen molar-refractivity contribution in [2.75, 3.05) is 26.2 Å². The average Bonchev–Trinajstić information content (AvgIpc) is 2.46. The summed E-state index contributed by atoms with van der Waals surface area (Å²) in [6, 6.07) is 10.0. The van der Waals surface area contributed by atoms with Gasteiger partial charge in [-0.15, -0.1) is 0 Å². The molecule has 104 valence electrons. The van der Waals surface area contributed by atoms with E-state index >= 15 is 0 Å². The highest BCUT2D eigenvalue weighted by Crippen LogP contribution is 2.21. The number of piperidine rings is 1. The summed E-state index contributed by atoms with van der Waals surface area (Å²) in [6.45, 7) is 3.07. The van der Waals surface area contributed by atoms with E-state index in [1.807, 2.05) is 30.3 Å². The van der Waals surface area contributed by atoms with E-state index in [9.17, 15) is 0 Å². The van der Waals surface area contributed by atoms with Crippen molar-refractivity contribution in [2.45, 2.75) is 18.8 Å². The van der Waals surface area contributed by atoms with Crippen molar-refractivity contribution in [3.63, 3.8) is 0 Å². The molecule has 0 saturated carbocycles. The van der Waals surface area contributed by atoms with Crippen molar-refractivity contribution in [1.29, 1.82) is 5.41 Å². The third kappa shape index (κ3) is 3.78. The molecule has 1 aliphatic rings. The number of rotatable bonds is 5. The monoisotopic (exact) mass is 261 g/mol. The molecule has 4 nitrogen and oxygen atoms in total. The Balaban J connectivity index is 1.97. The van der Waals surface area contributed by atoms with Crippen LogP contribution in [0.2, 0.25) is 0 Å². The number of amidine groups is 1. The first-order valence-electron chi connectivity index (χ1n) is 6.92. The lowest BCUT2D eigenvalue weighted by molar-refractivity contribution is 0.131. The number of benzene rings is 1. The number of likely N-dealkylation sites (tertiary alicyclic amines) is 1. The van der Waals surface area contributed by atoms with Gasteiger partial charge < -0.3 is 15.7 Å². The third-order valence-corrected chi connectivity index (χ3v) is 3.98. The predicted molar refractivity (Wildman–Crippen MR) is 77.3 cm³/mol. The Labute approximate surface area is 114 Å². The molecule has 1 fully saturated rings. The Morgan fingerprint density at radius 2 is 1.95 bits per heavy atom. The number of hydrogen-bond acceptors (Lipinski definition) is 3. The molecular weight excluding hydrogens is 238 g/mol. The Morgan fingerprint density at radius 3 is 2.47 bits per heavy atom. The first-order chi connectivity index (χ1) is 9.20. The van der Waals surface area contributed by atoms with Crippen molar-refractivity contribution in [3.8, 4) is 0 Å². The molecule has 2 rings (SSSR count). The standard InChI is InChI=1S/C15H23N3O/c16-15(17)14(13-4-2-1-3-5-13)10-18-8-6-12(11-19)7-9-18/h1-5,12,14,19H,6-11H2,(H3,16,17). The van der Waals surface area contributed by atoms with Crippen LogP contribution in [0.25, 0.3) is 0 Å². The van der Waals surface area contributed by atoms with Crippen LogP contribution in [-0.2, 0) is 0 Å². The maximum absolute atomic E-state index is 9.15. The number of nitrogens with one attached hydrogen (secondary N) is 1. The first-order valence-corrected chi connectivity index (χ1v) is 6.92. The topological polar surface area (TPSA) is 73.3 Å². The highest BCUT2D eigenvalue weighted by atomic mass is 16.3. The molecule has 0 amide bonds. The summed E-state index contributed by atoms with van der Waals surface area (Å²) in [5.41, 5.74) is 6.87. The fraction of sp³-hybridized carbons (Fsp3) is 0.533. The molecular formula is C15H23N3O. The molecule has 0 aromatic heterocycles. The number of aliphatic hydroxyl groups excluding tert-OH is 1. The fourth-order valence-corrected chi connectivity index (χ4v) is 2.68. The number of aliphatic hydroxyl groups is 1. The van der Waals surface area contributed by atoms with E-state index in [-0.39, 0.29) is 11.8 Å². The lowest BCUT2D eigenvalue weighted by atomic mass is 9.94. The van der Waals surface area contributed by atoms with E-state index in [1.54, 1.807) is 0 Å². The van der Waals surface area contributed by atoms with Gasteiger partial charge in [0.05, 0.1) is 11.8 Å². The van der Waals surface area contributed by atoms with Crippen LogP contribution in [0.15, 0.2) is 30.3 Å². The molecule has 1 heterocycles. The van der Waals surface area contributed by atoms with Gasteiger partial charge in [0.25, 0.3) is 0 Å². The van der Waals surface area contributed by atoms with Gasteiger partial charge in [-0.05, 0) is 37.4 Å². The lowest BCUT2D eigenvalue weighted by Gasteiger charge is -2.33. The minimum absolute atomic E-state index is 0.0214. The van der Waals surface area contributed by atoms with Crippen LogP contribution < -0.4 is 5.73 Å². The van der Waals surface area contributed by atoms with Gasteiger partial charge in [0, 0.05) is 13.2 Å². The van der Waals surface area contributed by atoms with E-state index in [2.05, 4.69) is 4.90 Å². The molecule has 19 heavy (non-hydrogen) atoms. The Bertz CT molecular complexity index is 399. The molecule has 1 aromatic rings. The Kier molecular flexibility index (Phi) is 4.93. The number of nitrogens with zero attached hydrogens (tertiary/aromatic N) is 1. The molecule has 4 N–H and O–H groups in total. The highest BCUT2D eigenvalue weighted by molar-refractivity contribution is 5.84. The van der Waals surface area contributed by atoms with Crippen LogP contribution in [0.3, 0.4) is 0 Å². The minimum Gasteiger partial charge on any atom is -0.396 e. The van der Waals surface area contributed by atoms with E-state index in [0.717, 1.165) is 38.0 Å². The van der Waals surface area contributed by atoms with E-state index in [4.69, 9.17) is 16.2 Å². The van der Waals surface area contributed by atoms with Crippen LogP contribution >= 0.6 is 0 Å². The molecule has 1 saturated heterocycles. The summed E-state index contributed by atoms with van der Waals surface area (Å²) in [4.78, 5) is 2.35. The van der Waals surface area contributed by atoms with Crippen LogP contribution in [-0.4, -0.2) is 42.1 Å². The number of nitrogens with two attached hydrogens (primary N) is 1. The summed E-state index contributed by atoms with van der Waals surface area (Å²) in [7, 11) is 0. The zero-order valence-corrected chi connectivity index (χ0v) is 11.3. The molecule has 0 aliphatic carbocycles. The van der Waals surface area contributed by atoms with Gasteiger partial charge in [-0.3, -0.25) is 5.41 Å². The van der Waals surface area contributed by atoms with E-state index in [1.165, 1.54) is 0 Å². The summed E-state index contributed by atoms with van der Waals surface area (Å²) in [5, 5.41) is 16.9. The fourth-order valence-electron chi connectivity index (χ4n) is 2.68. The van der Waals surface area contributed by atoms with Gasteiger partial charge in [0.1, 0.15) is 0 Å². The molecule has 1 unspecified atom stereocenters. The van der Waals surface area contributed by atoms with E-state index in [0.29, 0.717) is 12.5 Å². The summed E-state index contributed by atoms with van der Waals surface area (Å²) in [5.74, 6) is 0.658. The smallest absolute Gasteiger partial charge is 0.0995 e. The summed E-state index contributed by atoms with van der Waals surface area (Å²) in [6.07, 6.45) is 2.08. The number of hydrogen-bond donors (Lipinski definition) is 3. The molecule has 4 heteroatoms. The minimum atomic E-state index is -0.0214. The van der Waals surface area contributed by atoms with Gasteiger partial charge in [0.2, 0.25) is 0 Å². The van der Waals surface area contributed by atoms with Crippen molar-refractivity contribution in [2.24, 2.45) is 11.7 Å². The van der Waals surface area contributed by atoms with Crippen LogP contribution in [0.5, 0.6) is 0 Å². The Hall–Kier alpha value is -1.39. The largest absolute Gasteiger partial charge is 0.396 e. The summed E-state index contributed by atoms with van der Waals surface area (Å²) >= 11 is 0. The van der Waals surface area contributed by atoms with Crippen molar-refractivity contribution >= 4 is 5.84 Å². The third-order valence-electron chi connectivity index (χ3n) is 3.98. The SMILES string of the molecule is N=C(N)C(CN1CCC(CO)CC1)c1ccccc1. The molecule has 0 spiro atoms. The van der Waals surface area contributed by atoms with Gasteiger partial charge >= 0.3 is 0 Å². The first kappa shape index (κ1) is 14.0. The van der Waals surface area contributed by atoms with Crippen LogP contribution in [0, 0.1) is 11.3 Å². The van der Waals surface area contributed by atoms with Gasteiger partial charge in [-0.1, -0.05) is 30.3 Å². The quantitative estimate of drug-likeness (QED) is 0.554. The maximum atomic E-state index is 9.15. The molecule has 1 atom stereocenters. The van der Waals surface area contributed by atoms with E-state index < -0.39 is 0 Å².